The van der Waals surface area contributed by atoms with Crippen LogP contribution in [-0.2, 0) is 10.0 Å². The van der Waals surface area contributed by atoms with Crippen LogP contribution in [0.15, 0.2) is 47.4 Å². The van der Waals surface area contributed by atoms with Crippen molar-refractivity contribution in [1.82, 2.24) is 5.32 Å². The van der Waals surface area contributed by atoms with Crippen molar-refractivity contribution in [2.75, 3.05) is 4.72 Å². The number of halogens is 2. The van der Waals surface area contributed by atoms with E-state index < -0.39 is 15.6 Å². The van der Waals surface area contributed by atoms with E-state index in [-0.39, 0.29) is 27.1 Å². The summed E-state index contributed by atoms with van der Waals surface area (Å²) < 4.78 is 27.4. The van der Waals surface area contributed by atoms with Crippen LogP contribution in [0.3, 0.4) is 0 Å². The molecule has 0 bridgehead atoms. The SMILES string of the molecule is CCC(C)(C)NC(=O)c1cc(NS(=O)(=O)c2ccc(Cl)cc2)ccc1Cl. The number of nitrogens with one attached hydrogen (secondary N) is 2. The fraction of sp³-hybridized carbons (Fsp3) is 0.278. The van der Waals surface area contributed by atoms with Gasteiger partial charge in [0.05, 0.1) is 15.5 Å². The number of carbonyl (C=O) groups is 1. The average molecular weight is 415 g/mol. The lowest BCUT2D eigenvalue weighted by molar-refractivity contribution is 0.0911. The van der Waals surface area contributed by atoms with E-state index in [1.165, 1.54) is 42.5 Å². The minimum Gasteiger partial charge on any atom is -0.347 e. The van der Waals surface area contributed by atoms with Gasteiger partial charge in [-0.1, -0.05) is 30.1 Å². The fourth-order valence-electron chi connectivity index (χ4n) is 2.05. The number of carbonyl (C=O) groups excluding carboxylic acids is 1. The topological polar surface area (TPSA) is 75.3 Å². The Balaban J connectivity index is 2.29. The molecule has 0 atom stereocenters. The minimum atomic E-state index is -3.81. The van der Waals surface area contributed by atoms with E-state index >= 15 is 0 Å². The number of rotatable bonds is 6. The lowest BCUT2D eigenvalue weighted by Crippen LogP contribution is -2.42. The molecule has 2 aromatic carbocycles. The molecule has 8 heteroatoms. The molecular formula is C18H20Cl2N2O3S. The van der Waals surface area contributed by atoms with Crippen LogP contribution in [0, 0.1) is 0 Å². The summed E-state index contributed by atoms with van der Waals surface area (Å²) in [4.78, 5) is 12.5. The molecule has 140 valence electrons. The second-order valence-electron chi connectivity index (χ2n) is 6.45. The molecule has 5 nitrogen and oxygen atoms in total. The van der Waals surface area contributed by atoms with E-state index in [2.05, 4.69) is 10.0 Å². The maximum absolute atomic E-state index is 12.5. The quantitative estimate of drug-likeness (QED) is 0.718. The summed E-state index contributed by atoms with van der Waals surface area (Å²) in [5, 5.41) is 3.55. The fourth-order valence-corrected chi connectivity index (χ4v) is 3.43. The van der Waals surface area contributed by atoms with Crippen molar-refractivity contribution < 1.29 is 13.2 Å². The zero-order valence-corrected chi connectivity index (χ0v) is 17.0. The van der Waals surface area contributed by atoms with Crippen LogP contribution in [0.25, 0.3) is 0 Å². The summed E-state index contributed by atoms with van der Waals surface area (Å²) in [5.74, 6) is -0.366. The van der Waals surface area contributed by atoms with Gasteiger partial charge in [-0.05, 0) is 62.7 Å². The number of hydrogen-bond donors (Lipinski definition) is 2. The highest BCUT2D eigenvalue weighted by Crippen LogP contribution is 2.24. The monoisotopic (exact) mass is 414 g/mol. The normalized spacial score (nSPS) is 11.9. The Morgan fingerprint density at radius 3 is 2.27 bits per heavy atom. The molecule has 0 unspecified atom stereocenters. The zero-order chi connectivity index (χ0) is 19.5. The van der Waals surface area contributed by atoms with Crippen LogP contribution >= 0.6 is 23.2 Å². The lowest BCUT2D eigenvalue weighted by Gasteiger charge is -2.24. The summed E-state index contributed by atoms with van der Waals surface area (Å²) in [7, 11) is -3.81. The summed E-state index contributed by atoms with van der Waals surface area (Å²) in [6, 6.07) is 10.2. The van der Waals surface area contributed by atoms with Gasteiger partial charge in [-0.25, -0.2) is 8.42 Å². The molecule has 0 spiro atoms. The van der Waals surface area contributed by atoms with Gasteiger partial charge in [0.15, 0.2) is 0 Å². The third-order valence-electron chi connectivity index (χ3n) is 3.92. The van der Waals surface area contributed by atoms with E-state index in [9.17, 15) is 13.2 Å². The van der Waals surface area contributed by atoms with Crippen molar-refractivity contribution in [2.24, 2.45) is 0 Å². The third-order valence-corrected chi connectivity index (χ3v) is 5.90. The molecule has 0 heterocycles. The van der Waals surface area contributed by atoms with Gasteiger partial charge in [0.2, 0.25) is 0 Å². The Morgan fingerprint density at radius 1 is 1.08 bits per heavy atom. The first-order valence-corrected chi connectivity index (χ1v) is 10.2. The second kappa shape index (κ2) is 7.86. The number of amides is 1. The lowest BCUT2D eigenvalue weighted by atomic mass is 10.0. The summed E-state index contributed by atoms with van der Waals surface area (Å²) in [6.45, 7) is 5.75. The van der Waals surface area contributed by atoms with Crippen molar-refractivity contribution in [2.45, 2.75) is 37.6 Å². The molecule has 0 saturated carbocycles. The molecule has 0 saturated heterocycles. The van der Waals surface area contributed by atoms with Gasteiger partial charge >= 0.3 is 0 Å². The van der Waals surface area contributed by atoms with E-state index in [4.69, 9.17) is 23.2 Å². The van der Waals surface area contributed by atoms with E-state index in [0.29, 0.717) is 5.02 Å². The van der Waals surface area contributed by atoms with Gasteiger partial charge < -0.3 is 5.32 Å². The Morgan fingerprint density at radius 2 is 1.69 bits per heavy atom. The van der Waals surface area contributed by atoms with Gasteiger partial charge in [-0.15, -0.1) is 0 Å². The van der Waals surface area contributed by atoms with Crippen molar-refractivity contribution in [1.29, 1.82) is 0 Å². The van der Waals surface area contributed by atoms with Crippen LogP contribution in [-0.4, -0.2) is 19.9 Å². The first-order valence-electron chi connectivity index (χ1n) is 7.94. The summed E-state index contributed by atoms with van der Waals surface area (Å²) >= 11 is 11.9. The minimum absolute atomic E-state index is 0.0648. The van der Waals surface area contributed by atoms with Crippen molar-refractivity contribution in [3.63, 3.8) is 0 Å². The molecule has 0 aromatic heterocycles. The Hall–Kier alpha value is -1.76. The van der Waals surface area contributed by atoms with Crippen LogP contribution in [0.4, 0.5) is 5.69 Å². The molecule has 0 aliphatic carbocycles. The van der Waals surface area contributed by atoms with Crippen molar-refractivity contribution in [3.8, 4) is 0 Å². The third kappa shape index (κ3) is 5.13. The standard InChI is InChI=1S/C18H20Cl2N2O3S/c1-4-18(2,3)21-17(23)15-11-13(7-10-16(15)20)22-26(24,25)14-8-5-12(19)6-9-14/h5-11,22H,4H2,1-3H3,(H,21,23). The summed E-state index contributed by atoms with van der Waals surface area (Å²) in [6.07, 6.45) is 0.735. The molecule has 26 heavy (non-hydrogen) atoms. The zero-order valence-electron chi connectivity index (χ0n) is 14.6. The maximum Gasteiger partial charge on any atom is 0.261 e. The van der Waals surface area contributed by atoms with Gasteiger partial charge in [0.25, 0.3) is 15.9 Å². The first-order chi connectivity index (χ1) is 12.0. The predicted octanol–water partition coefficient (Wildman–Crippen LogP) is 4.71. The Bertz CT molecular complexity index is 911. The average Bonchev–Trinajstić information content (AvgIpc) is 2.56. The van der Waals surface area contributed by atoms with E-state index in [1.54, 1.807) is 0 Å². The second-order valence-corrected chi connectivity index (χ2v) is 8.97. The van der Waals surface area contributed by atoms with Crippen LogP contribution in [0.5, 0.6) is 0 Å². The van der Waals surface area contributed by atoms with Gasteiger partial charge in [-0.3, -0.25) is 9.52 Å². The molecule has 0 aliphatic heterocycles. The Kier molecular flexibility index (Phi) is 6.21. The highest BCUT2D eigenvalue weighted by Gasteiger charge is 2.21. The van der Waals surface area contributed by atoms with E-state index in [1.807, 2.05) is 20.8 Å². The highest BCUT2D eigenvalue weighted by molar-refractivity contribution is 7.92. The molecule has 2 rings (SSSR count). The van der Waals surface area contributed by atoms with Crippen molar-refractivity contribution in [3.05, 3.63) is 58.1 Å². The number of anilines is 1. The number of benzene rings is 2. The maximum atomic E-state index is 12.5. The Labute approximate surface area is 163 Å². The largest absolute Gasteiger partial charge is 0.347 e. The molecule has 2 N–H and O–H groups in total. The van der Waals surface area contributed by atoms with Gasteiger partial charge in [-0.2, -0.15) is 0 Å². The molecule has 0 fully saturated rings. The smallest absolute Gasteiger partial charge is 0.261 e. The first kappa shape index (κ1) is 20.6. The highest BCUT2D eigenvalue weighted by atomic mass is 35.5. The number of sulfonamides is 1. The molecular weight excluding hydrogens is 395 g/mol. The predicted molar refractivity (Wildman–Crippen MR) is 106 cm³/mol. The number of hydrogen-bond acceptors (Lipinski definition) is 3. The van der Waals surface area contributed by atoms with Crippen LogP contribution < -0.4 is 10.0 Å². The van der Waals surface area contributed by atoms with Gasteiger partial charge in [0, 0.05) is 16.2 Å². The molecule has 2 aromatic rings. The van der Waals surface area contributed by atoms with Gasteiger partial charge in [0.1, 0.15) is 0 Å². The van der Waals surface area contributed by atoms with Crippen LogP contribution in [0.2, 0.25) is 10.0 Å². The molecule has 0 radical (unpaired) electrons. The summed E-state index contributed by atoms with van der Waals surface area (Å²) in [5.41, 5.74) is 0.0347. The van der Waals surface area contributed by atoms with E-state index in [0.717, 1.165) is 6.42 Å². The van der Waals surface area contributed by atoms with Crippen LogP contribution in [0.1, 0.15) is 37.6 Å². The van der Waals surface area contributed by atoms with Crippen molar-refractivity contribution >= 4 is 44.8 Å². The molecule has 1 amide bonds. The molecule has 0 aliphatic rings.